The molecule has 376 valence electrons. The van der Waals surface area contributed by atoms with Crippen molar-refractivity contribution in [2.75, 3.05) is 13.2 Å². The van der Waals surface area contributed by atoms with Gasteiger partial charge < -0.3 is 44.7 Å². The van der Waals surface area contributed by atoms with Gasteiger partial charge in [0.1, 0.15) is 36.8 Å². The second kappa shape index (κ2) is 38.6. The summed E-state index contributed by atoms with van der Waals surface area (Å²) >= 11 is 0. The van der Waals surface area contributed by atoms with Gasteiger partial charge in [0.25, 0.3) is 0 Å². The first-order chi connectivity index (χ1) is 32.5. The van der Waals surface area contributed by atoms with Crippen LogP contribution in [0.4, 0.5) is 0 Å². The molecule has 0 aliphatic carbocycles. The van der Waals surface area contributed by atoms with Gasteiger partial charge in [-0.1, -0.05) is 137 Å². The molecule has 2 rings (SSSR count). The van der Waals surface area contributed by atoms with Crippen molar-refractivity contribution in [3.05, 3.63) is 103 Å². The highest BCUT2D eigenvalue weighted by molar-refractivity contribution is 5.76. The number of esters is 2. The zero-order chi connectivity index (χ0) is 48.7. The van der Waals surface area contributed by atoms with Gasteiger partial charge in [0, 0.05) is 19.3 Å². The summed E-state index contributed by atoms with van der Waals surface area (Å²) < 4.78 is 23.3. The molecule has 1 aromatic carbocycles. The van der Waals surface area contributed by atoms with E-state index in [-0.39, 0.29) is 38.2 Å². The summed E-state index contributed by atoms with van der Waals surface area (Å²) in [6, 6.07) is 6.45. The molecule has 1 aliphatic rings. The van der Waals surface area contributed by atoms with Gasteiger partial charge in [0.15, 0.2) is 12.3 Å². The van der Waals surface area contributed by atoms with Crippen LogP contribution in [0.1, 0.15) is 161 Å². The van der Waals surface area contributed by atoms with Crippen molar-refractivity contribution in [2.45, 2.75) is 205 Å². The number of amides is 1. The average Bonchev–Trinajstić information content (AvgIpc) is 3.32. The molecule has 2 unspecified atom stereocenters. The fourth-order valence-corrected chi connectivity index (χ4v) is 7.31. The molecule has 12 heteroatoms. The van der Waals surface area contributed by atoms with Gasteiger partial charge in [-0.15, -0.1) is 0 Å². The Hall–Kier alpha value is -4.33. The lowest BCUT2D eigenvalue weighted by Gasteiger charge is -2.42. The van der Waals surface area contributed by atoms with E-state index in [0.717, 1.165) is 108 Å². The number of aromatic hydroxyl groups is 1. The molecule has 0 radical (unpaired) electrons. The number of phenolic OH excluding ortho intramolecular Hbond substituents is 1. The third kappa shape index (κ3) is 29.2. The van der Waals surface area contributed by atoms with Crippen molar-refractivity contribution in [1.82, 2.24) is 5.32 Å². The summed E-state index contributed by atoms with van der Waals surface area (Å²) in [7, 11) is 0. The van der Waals surface area contributed by atoms with Gasteiger partial charge in [-0.2, -0.15) is 0 Å². The number of nitrogens with one attached hydrogen (secondary N) is 1. The minimum absolute atomic E-state index is 0.0163. The Morgan fingerprint density at radius 2 is 1.10 bits per heavy atom. The van der Waals surface area contributed by atoms with Crippen LogP contribution in [0.3, 0.4) is 0 Å². The van der Waals surface area contributed by atoms with Crippen LogP contribution in [-0.4, -0.2) is 94.3 Å². The molecule has 7 atom stereocenters. The van der Waals surface area contributed by atoms with Crippen molar-refractivity contribution in [1.29, 1.82) is 0 Å². The van der Waals surface area contributed by atoms with Crippen LogP contribution in [0, 0.1) is 0 Å². The standard InChI is InChI=1S/C55H85NO11/c1-4-6-8-10-12-14-16-18-20-22-24-26-28-30-32-34-49(59)64-42-47(67-50(60)35-33-31-29-27-25-23-21-19-17-15-13-11-9-7-5-2)43-65-55(54-53(63)52(62)51(61)44(3)66-54)56-48(58)41-38-45-36-39-46(57)40-37-45/h6-9,12-15,18-21,36-37,39-40,44,47,51-55,57,61-63H,4-5,10-11,16-17,22-35,38,41-43H2,1-3H3,(H,56,58)/b8-6-,9-7-,14-12-,15-13-,20-18-,21-19-/t44-,47?,51+,52-,53+,54+,55?/m1/s1. The number of phenols is 1. The van der Waals surface area contributed by atoms with E-state index in [4.69, 9.17) is 18.9 Å². The highest BCUT2D eigenvalue weighted by Gasteiger charge is 2.46. The molecule has 1 aliphatic heterocycles. The third-order valence-electron chi connectivity index (χ3n) is 11.3. The molecule has 1 fully saturated rings. The first-order valence-corrected chi connectivity index (χ1v) is 25.2. The van der Waals surface area contributed by atoms with Crippen molar-refractivity contribution < 1.29 is 53.8 Å². The van der Waals surface area contributed by atoms with E-state index in [1.807, 2.05) is 0 Å². The molecule has 0 aromatic heterocycles. The Labute approximate surface area is 402 Å². The van der Waals surface area contributed by atoms with E-state index in [9.17, 15) is 34.8 Å². The predicted octanol–water partition coefficient (Wildman–Crippen LogP) is 10.3. The number of hydrogen-bond donors (Lipinski definition) is 5. The van der Waals surface area contributed by atoms with Crippen LogP contribution in [-0.2, 0) is 39.8 Å². The Morgan fingerprint density at radius 1 is 0.612 bits per heavy atom. The molecular formula is C55H85NO11. The summed E-state index contributed by atoms with van der Waals surface area (Å²) in [5.41, 5.74) is 0.807. The normalized spacial score (nSPS) is 19.9. The lowest BCUT2D eigenvalue weighted by atomic mass is 9.94. The number of ether oxygens (including phenoxy) is 4. The summed E-state index contributed by atoms with van der Waals surface area (Å²) in [6.45, 7) is 5.17. The molecule has 0 bridgehead atoms. The van der Waals surface area contributed by atoms with Crippen molar-refractivity contribution in [3.8, 4) is 5.75 Å². The van der Waals surface area contributed by atoms with E-state index in [1.165, 1.54) is 19.1 Å². The number of aliphatic hydroxyl groups excluding tert-OH is 3. The van der Waals surface area contributed by atoms with Gasteiger partial charge in [-0.3, -0.25) is 14.4 Å². The highest BCUT2D eigenvalue weighted by Crippen LogP contribution is 2.24. The fourth-order valence-electron chi connectivity index (χ4n) is 7.31. The van der Waals surface area contributed by atoms with E-state index in [1.54, 1.807) is 12.1 Å². The topological polar surface area (TPSA) is 181 Å². The quantitative estimate of drug-likeness (QED) is 0.0185. The van der Waals surface area contributed by atoms with Gasteiger partial charge in [-0.25, -0.2) is 0 Å². The fraction of sp³-hybridized carbons (Fsp3) is 0.618. The SMILES string of the molecule is CC/C=C\C/C=C\C/C=C\CCCCCCCC(=O)OCC(COC(NC(=O)CCc1ccc(O)cc1)[C@H]1O[C@H](C)[C@H](O)[C@@H](O)[C@@H]1O)OC(=O)CCCCCCC/C=C\C/C=C\C/C=C\CC. The van der Waals surface area contributed by atoms with E-state index < -0.39 is 60.7 Å². The first kappa shape index (κ1) is 58.8. The number of hydrogen-bond acceptors (Lipinski definition) is 11. The molecule has 1 saturated heterocycles. The Bertz CT molecular complexity index is 1630. The third-order valence-corrected chi connectivity index (χ3v) is 11.3. The number of unbranched alkanes of at least 4 members (excludes halogenated alkanes) is 10. The summed E-state index contributed by atoms with van der Waals surface area (Å²) in [6.07, 6.45) is 35.1. The maximum Gasteiger partial charge on any atom is 0.306 e. The number of allylic oxidation sites excluding steroid dienone is 12. The smallest absolute Gasteiger partial charge is 0.306 e. The number of carbonyl (C=O) groups is 3. The number of aryl methyl sites for hydroxylation is 1. The van der Waals surface area contributed by atoms with Crippen LogP contribution in [0.25, 0.3) is 0 Å². The average molecular weight is 936 g/mol. The molecule has 1 heterocycles. The van der Waals surface area contributed by atoms with Crippen LogP contribution in [0.15, 0.2) is 97.2 Å². The van der Waals surface area contributed by atoms with E-state index in [2.05, 4.69) is 92.1 Å². The first-order valence-electron chi connectivity index (χ1n) is 25.2. The van der Waals surface area contributed by atoms with Crippen molar-refractivity contribution in [2.24, 2.45) is 0 Å². The maximum atomic E-state index is 13.3. The minimum Gasteiger partial charge on any atom is -0.508 e. The van der Waals surface area contributed by atoms with Gasteiger partial charge in [-0.05, 0) is 108 Å². The molecule has 12 nitrogen and oxygen atoms in total. The zero-order valence-electron chi connectivity index (χ0n) is 40.9. The van der Waals surface area contributed by atoms with Gasteiger partial charge in [0.2, 0.25) is 5.91 Å². The number of carbonyl (C=O) groups excluding carboxylic acids is 3. The molecule has 1 amide bonds. The molecule has 67 heavy (non-hydrogen) atoms. The molecule has 1 aromatic rings. The highest BCUT2D eigenvalue weighted by atomic mass is 16.6. The lowest BCUT2D eigenvalue weighted by Crippen LogP contribution is -2.63. The molecule has 0 saturated carbocycles. The van der Waals surface area contributed by atoms with Crippen LogP contribution < -0.4 is 5.32 Å². The Morgan fingerprint density at radius 3 is 1.66 bits per heavy atom. The number of benzene rings is 1. The van der Waals surface area contributed by atoms with Gasteiger partial charge >= 0.3 is 11.9 Å². The van der Waals surface area contributed by atoms with Crippen molar-refractivity contribution >= 4 is 17.8 Å². The van der Waals surface area contributed by atoms with Crippen LogP contribution in [0.5, 0.6) is 5.75 Å². The Balaban J connectivity index is 1.93. The second-order valence-corrected chi connectivity index (χ2v) is 17.3. The Kier molecular flexibility index (Phi) is 33.9. The minimum atomic E-state index is -1.63. The van der Waals surface area contributed by atoms with Crippen molar-refractivity contribution in [3.63, 3.8) is 0 Å². The van der Waals surface area contributed by atoms with Crippen LogP contribution >= 0.6 is 0 Å². The second-order valence-electron chi connectivity index (χ2n) is 17.3. The largest absolute Gasteiger partial charge is 0.508 e. The monoisotopic (exact) mass is 936 g/mol. The lowest BCUT2D eigenvalue weighted by molar-refractivity contribution is -0.250. The number of rotatable bonds is 37. The predicted molar refractivity (Wildman–Crippen MR) is 266 cm³/mol. The van der Waals surface area contributed by atoms with E-state index >= 15 is 0 Å². The summed E-state index contributed by atoms with van der Waals surface area (Å²) in [4.78, 5) is 39.3. The molecule has 5 N–H and O–H groups in total. The van der Waals surface area contributed by atoms with Gasteiger partial charge in [0.05, 0.1) is 12.7 Å². The zero-order valence-corrected chi connectivity index (χ0v) is 40.9. The summed E-state index contributed by atoms with van der Waals surface area (Å²) in [5.74, 6) is -1.26. The van der Waals surface area contributed by atoms with Crippen LogP contribution in [0.2, 0.25) is 0 Å². The maximum absolute atomic E-state index is 13.3. The summed E-state index contributed by atoms with van der Waals surface area (Å²) in [5, 5.41) is 44.3. The van der Waals surface area contributed by atoms with E-state index in [0.29, 0.717) is 19.3 Å². The molecule has 0 spiro atoms. The number of aliphatic hydroxyl groups is 3. The molecular weight excluding hydrogens is 851 g/mol.